The summed E-state index contributed by atoms with van der Waals surface area (Å²) in [6, 6.07) is 18.4. The van der Waals surface area contributed by atoms with Gasteiger partial charge in [-0.05, 0) is 81.5 Å². The fourth-order valence-electron chi connectivity index (χ4n) is 3.87. The molecule has 0 unspecified atom stereocenters. The normalized spacial score (nSPS) is 18.9. The summed E-state index contributed by atoms with van der Waals surface area (Å²) in [5.41, 5.74) is 3.22. The summed E-state index contributed by atoms with van der Waals surface area (Å²) in [5, 5.41) is 4.21. The van der Waals surface area contributed by atoms with Gasteiger partial charge in [-0.1, -0.05) is 6.07 Å². The maximum absolute atomic E-state index is 5.80. The van der Waals surface area contributed by atoms with Gasteiger partial charge in [-0.25, -0.2) is 0 Å². The summed E-state index contributed by atoms with van der Waals surface area (Å²) >= 11 is 5.78. The van der Waals surface area contributed by atoms with Crippen molar-refractivity contribution in [3.8, 4) is 5.75 Å². The van der Waals surface area contributed by atoms with Crippen LogP contribution in [0, 0.1) is 0 Å². The van der Waals surface area contributed by atoms with Crippen LogP contribution in [0.15, 0.2) is 67.0 Å². The Morgan fingerprint density at radius 3 is 2.55 bits per heavy atom. The van der Waals surface area contributed by atoms with E-state index in [0.29, 0.717) is 5.11 Å². The van der Waals surface area contributed by atoms with Gasteiger partial charge < -0.3 is 19.5 Å². The van der Waals surface area contributed by atoms with Gasteiger partial charge in [0, 0.05) is 30.3 Å². The molecule has 29 heavy (non-hydrogen) atoms. The molecular weight excluding hydrogens is 380 g/mol. The van der Waals surface area contributed by atoms with E-state index in [0.717, 1.165) is 23.7 Å². The maximum atomic E-state index is 5.80. The number of anilines is 1. The molecule has 1 fully saturated rings. The van der Waals surface area contributed by atoms with E-state index >= 15 is 0 Å². The molecule has 6 heteroatoms. The number of pyridine rings is 1. The minimum atomic E-state index is -0.0320. The molecule has 3 aromatic rings. The van der Waals surface area contributed by atoms with Crippen molar-refractivity contribution in [1.82, 2.24) is 14.9 Å². The first-order valence-electron chi connectivity index (χ1n) is 10.0. The molecule has 150 valence electrons. The van der Waals surface area contributed by atoms with Gasteiger partial charge in [0.1, 0.15) is 11.8 Å². The fourth-order valence-corrected chi connectivity index (χ4v) is 4.22. The zero-order chi connectivity index (χ0) is 20.4. The first-order valence-corrected chi connectivity index (χ1v) is 10.4. The highest BCUT2D eigenvalue weighted by Gasteiger charge is 2.41. The lowest BCUT2D eigenvalue weighted by Gasteiger charge is -2.29. The van der Waals surface area contributed by atoms with Crippen molar-refractivity contribution in [3.05, 3.63) is 78.4 Å². The van der Waals surface area contributed by atoms with E-state index in [1.54, 1.807) is 0 Å². The molecule has 4 rings (SSSR count). The van der Waals surface area contributed by atoms with Crippen molar-refractivity contribution in [2.24, 2.45) is 0 Å². The number of hydrogen-bond donors (Lipinski definition) is 1. The van der Waals surface area contributed by atoms with Crippen molar-refractivity contribution >= 4 is 23.0 Å². The van der Waals surface area contributed by atoms with Crippen molar-refractivity contribution in [2.45, 2.75) is 45.5 Å². The Morgan fingerprint density at radius 1 is 1.10 bits per heavy atom. The van der Waals surface area contributed by atoms with Gasteiger partial charge in [-0.2, -0.15) is 0 Å². The molecule has 2 atom stereocenters. The number of ether oxygens (including phenoxy) is 1. The van der Waals surface area contributed by atoms with Crippen LogP contribution in [0.2, 0.25) is 0 Å². The van der Waals surface area contributed by atoms with Gasteiger partial charge in [0.05, 0.1) is 17.8 Å². The van der Waals surface area contributed by atoms with Crippen LogP contribution in [-0.2, 0) is 6.54 Å². The molecule has 1 saturated heterocycles. The van der Waals surface area contributed by atoms with Crippen molar-refractivity contribution in [3.63, 3.8) is 0 Å². The standard InChI is InChI=1S/C23H26N4OS/c1-4-26-15-7-9-20(26)22-21(19-8-5-6-14-24-19)25-23(29)27(22)17-10-12-18(13-11-17)28-16(2)3/h5-16,21-22H,4H2,1-3H3,(H,25,29)/t21-,22-/m0/s1. The predicted molar refractivity (Wildman–Crippen MR) is 120 cm³/mol. The summed E-state index contributed by atoms with van der Waals surface area (Å²) in [7, 11) is 0. The number of thiocarbonyl (C=S) groups is 1. The highest BCUT2D eigenvalue weighted by Crippen LogP contribution is 2.41. The summed E-state index contributed by atoms with van der Waals surface area (Å²) in [4.78, 5) is 6.80. The lowest BCUT2D eigenvalue weighted by molar-refractivity contribution is 0.242. The van der Waals surface area contributed by atoms with Crippen LogP contribution < -0.4 is 15.0 Å². The molecule has 0 radical (unpaired) electrons. The van der Waals surface area contributed by atoms with Gasteiger partial charge in [0.2, 0.25) is 0 Å². The van der Waals surface area contributed by atoms with E-state index in [9.17, 15) is 0 Å². The van der Waals surface area contributed by atoms with Crippen molar-refractivity contribution in [1.29, 1.82) is 0 Å². The predicted octanol–water partition coefficient (Wildman–Crippen LogP) is 4.87. The third-order valence-corrected chi connectivity index (χ3v) is 5.41. The number of benzene rings is 1. The molecule has 3 heterocycles. The number of nitrogens with zero attached hydrogens (tertiary/aromatic N) is 3. The van der Waals surface area contributed by atoms with E-state index in [1.807, 2.05) is 44.3 Å². The van der Waals surface area contributed by atoms with Crippen molar-refractivity contribution in [2.75, 3.05) is 4.90 Å². The lowest BCUT2D eigenvalue weighted by Crippen LogP contribution is -2.30. The summed E-state index contributed by atoms with van der Waals surface area (Å²) in [5.74, 6) is 0.858. The molecule has 0 bridgehead atoms. The third kappa shape index (κ3) is 3.85. The smallest absolute Gasteiger partial charge is 0.174 e. The van der Waals surface area contributed by atoms with E-state index in [1.165, 1.54) is 5.69 Å². The van der Waals surface area contributed by atoms with Crippen LogP contribution in [-0.4, -0.2) is 20.8 Å². The Balaban J connectivity index is 1.76. The Labute approximate surface area is 177 Å². The number of aromatic nitrogens is 2. The lowest BCUT2D eigenvalue weighted by atomic mass is 10.0. The molecule has 1 N–H and O–H groups in total. The second-order valence-corrected chi connectivity index (χ2v) is 7.76. The van der Waals surface area contributed by atoms with E-state index in [-0.39, 0.29) is 18.2 Å². The second-order valence-electron chi connectivity index (χ2n) is 7.38. The van der Waals surface area contributed by atoms with Gasteiger partial charge >= 0.3 is 0 Å². The molecule has 2 aromatic heterocycles. The molecule has 5 nitrogen and oxygen atoms in total. The Morgan fingerprint density at radius 2 is 1.90 bits per heavy atom. The zero-order valence-electron chi connectivity index (χ0n) is 16.9. The quantitative estimate of drug-likeness (QED) is 0.592. The summed E-state index contributed by atoms with van der Waals surface area (Å²) < 4.78 is 8.07. The highest BCUT2D eigenvalue weighted by atomic mass is 32.1. The van der Waals surface area contributed by atoms with Crippen molar-refractivity contribution < 1.29 is 4.74 Å². The number of hydrogen-bond acceptors (Lipinski definition) is 3. The largest absolute Gasteiger partial charge is 0.491 e. The van der Waals surface area contributed by atoms with Gasteiger partial charge in [-0.3, -0.25) is 4.98 Å². The zero-order valence-corrected chi connectivity index (χ0v) is 17.8. The molecular formula is C23H26N4OS. The molecule has 0 saturated carbocycles. The van der Waals surface area contributed by atoms with Crippen LogP contribution in [0.3, 0.4) is 0 Å². The van der Waals surface area contributed by atoms with Crippen LogP contribution in [0.1, 0.15) is 44.2 Å². The Kier molecular flexibility index (Phi) is 5.53. The maximum Gasteiger partial charge on any atom is 0.174 e. The minimum absolute atomic E-state index is 0.00390. The molecule has 0 spiro atoms. The molecule has 0 aliphatic carbocycles. The number of nitrogens with one attached hydrogen (secondary N) is 1. The fraction of sp³-hybridized carbons (Fsp3) is 0.304. The van der Waals surface area contributed by atoms with Gasteiger partial charge in [-0.15, -0.1) is 0 Å². The Bertz CT molecular complexity index is 968. The topological polar surface area (TPSA) is 42.3 Å². The SMILES string of the molecule is CCn1cccc1[C@H]1[C@H](c2ccccn2)NC(=S)N1c1ccc(OC(C)C)cc1. The first-order chi connectivity index (χ1) is 14.1. The monoisotopic (exact) mass is 406 g/mol. The molecule has 0 amide bonds. The number of aryl methyl sites for hydroxylation is 1. The average Bonchev–Trinajstić information content (AvgIpc) is 3.32. The van der Waals surface area contributed by atoms with Crippen LogP contribution in [0.5, 0.6) is 5.75 Å². The first kappa shape index (κ1) is 19.5. The van der Waals surface area contributed by atoms with E-state index < -0.39 is 0 Å². The van der Waals surface area contributed by atoms with Crippen LogP contribution >= 0.6 is 12.2 Å². The minimum Gasteiger partial charge on any atom is -0.491 e. The molecule has 1 aromatic carbocycles. The van der Waals surface area contributed by atoms with Gasteiger partial charge in [0.15, 0.2) is 5.11 Å². The molecule has 1 aliphatic rings. The third-order valence-electron chi connectivity index (χ3n) is 5.09. The van der Waals surface area contributed by atoms with Crippen LogP contribution in [0.25, 0.3) is 0 Å². The van der Waals surface area contributed by atoms with E-state index in [4.69, 9.17) is 17.0 Å². The summed E-state index contributed by atoms with van der Waals surface area (Å²) in [6.07, 6.45) is 4.09. The Hall–Kier alpha value is -2.86. The summed E-state index contributed by atoms with van der Waals surface area (Å²) in [6.45, 7) is 7.11. The second kappa shape index (κ2) is 8.25. The van der Waals surface area contributed by atoms with Crippen LogP contribution in [0.4, 0.5) is 5.69 Å². The number of rotatable bonds is 6. The molecule has 1 aliphatic heterocycles. The average molecular weight is 407 g/mol. The van der Waals surface area contributed by atoms with Gasteiger partial charge in [0.25, 0.3) is 0 Å². The highest BCUT2D eigenvalue weighted by molar-refractivity contribution is 7.80. The van der Waals surface area contributed by atoms with E-state index in [2.05, 4.69) is 63.2 Å².